The number of nitro groups is 1. The number of benzene rings is 1. The maximum absolute atomic E-state index is 11.6. The van der Waals surface area contributed by atoms with Crippen molar-refractivity contribution in [1.29, 1.82) is 0 Å². The van der Waals surface area contributed by atoms with E-state index in [1.165, 1.54) is 6.07 Å². The van der Waals surface area contributed by atoms with Gasteiger partial charge in [0.25, 0.3) is 5.69 Å². The molecule has 2 aromatic rings. The Morgan fingerprint density at radius 2 is 1.85 bits per heavy atom. The molecule has 10 nitrogen and oxygen atoms in total. The van der Waals surface area contributed by atoms with Gasteiger partial charge in [-0.1, -0.05) is 20.8 Å². The number of nitrogens with one attached hydrogen (secondary N) is 3. The molecule has 26 heavy (non-hydrogen) atoms. The molecule has 0 spiro atoms. The van der Waals surface area contributed by atoms with Gasteiger partial charge >= 0.3 is 17.1 Å². The highest BCUT2D eigenvalue weighted by Gasteiger charge is 2.30. The van der Waals surface area contributed by atoms with Crippen molar-refractivity contribution in [3.63, 3.8) is 0 Å². The van der Waals surface area contributed by atoms with Gasteiger partial charge < -0.3 is 15.1 Å². The van der Waals surface area contributed by atoms with Gasteiger partial charge in [0.15, 0.2) is 0 Å². The normalized spacial score (nSPS) is 12.4. The van der Waals surface area contributed by atoms with Crippen molar-refractivity contribution in [2.75, 3.05) is 0 Å². The van der Waals surface area contributed by atoms with Gasteiger partial charge in [-0.2, -0.15) is 0 Å². The standard InChI is InChI=1S/C15H18N4O6.BrH/c1-15(2,3)11(14(22)23)16-6-7-4-8(19(24)25)5-9-10(7)18-13(21)12(20)17-9;/h4-5,11,16H,6H2,1-3H3,(H,17,20)(H,18,21)(H,22,23);1H/t11-;/m1./s1. The van der Waals surface area contributed by atoms with Crippen LogP contribution in [0.15, 0.2) is 21.7 Å². The highest BCUT2D eigenvalue weighted by molar-refractivity contribution is 8.93. The summed E-state index contributed by atoms with van der Waals surface area (Å²) in [6, 6.07) is 1.44. The Labute approximate surface area is 157 Å². The van der Waals surface area contributed by atoms with Gasteiger partial charge in [-0.25, -0.2) is 0 Å². The Morgan fingerprint density at radius 1 is 1.27 bits per heavy atom. The number of hydrogen-bond donors (Lipinski definition) is 4. The highest BCUT2D eigenvalue weighted by Crippen LogP contribution is 2.23. The van der Waals surface area contributed by atoms with E-state index in [1.807, 2.05) is 0 Å². The van der Waals surface area contributed by atoms with Crippen molar-refractivity contribution in [3.8, 4) is 0 Å². The number of rotatable bonds is 5. The van der Waals surface area contributed by atoms with Crippen molar-refractivity contribution < 1.29 is 14.8 Å². The molecule has 0 aliphatic carbocycles. The number of hydrogen-bond acceptors (Lipinski definition) is 6. The van der Waals surface area contributed by atoms with Gasteiger partial charge in [-0.15, -0.1) is 17.0 Å². The molecule has 0 amide bonds. The van der Waals surface area contributed by atoms with Crippen molar-refractivity contribution in [1.82, 2.24) is 15.3 Å². The van der Waals surface area contributed by atoms with Crippen molar-refractivity contribution >= 4 is 39.7 Å². The molecule has 1 aromatic carbocycles. The fourth-order valence-electron chi connectivity index (χ4n) is 2.50. The molecule has 1 aromatic heterocycles. The fourth-order valence-corrected chi connectivity index (χ4v) is 2.50. The molecular formula is C15H19BrN4O6. The zero-order valence-electron chi connectivity index (χ0n) is 14.3. The van der Waals surface area contributed by atoms with E-state index in [0.29, 0.717) is 5.56 Å². The minimum absolute atomic E-state index is 0. The predicted molar refractivity (Wildman–Crippen MR) is 99.9 cm³/mol. The fraction of sp³-hybridized carbons (Fsp3) is 0.400. The third kappa shape index (κ3) is 4.55. The molecule has 0 aliphatic heterocycles. The summed E-state index contributed by atoms with van der Waals surface area (Å²) in [6.07, 6.45) is 0. The number of carboxylic acid groups (broad SMARTS) is 1. The molecule has 0 aliphatic rings. The smallest absolute Gasteiger partial charge is 0.321 e. The molecule has 0 radical (unpaired) electrons. The Bertz CT molecular complexity index is 959. The van der Waals surface area contributed by atoms with E-state index in [-0.39, 0.29) is 40.2 Å². The molecule has 0 saturated carbocycles. The van der Waals surface area contributed by atoms with Gasteiger partial charge in [0.05, 0.1) is 16.0 Å². The van der Waals surface area contributed by atoms with Crippen LogP contribution in [0.3, 0.4) is 0 Å². The number of aromatic nitrogens is 2. The van der Waals surface area contributed by atoms with Crippen LogP contribution in [0, 0.1) is 15.5 Å². The Balaban J connectivity index is 0.00000338. The second-order valence-corrected chi connectivity index (χ2v) is 6.71. The van der Waals surface area contributed by atoms with Crippen LogP contribution < -0.4 is 16.4 Å². The molecule has 4 N–H and O–H groups in total. The third-order valence-corrected chi connectivity index (χ3v) is 3.72. The summed E-state index contributed by atoms with van der Waals surface area (Å²) in [5.74, 6) is -1.07. The molecule has 2 rings (SSSR count). The number of carbonyl (C=O) groups is 1. The number of halogens is 1. The maximum atomic E-state index is 11.6. The lowest BCUT2D eigenvalue weighted by Gasteiger charge is -2.28. The van der Waals surface area contributed by atoms with Crippen LogP contribution in [0.5, 0.6) is 0 Å². The largest absolute Gasteiger partial charge is 0.480 e. The van der Waals surface area contributed by atoms with Crippen molar-refractivity contribution in [3.05, 3.63) is 48.5 Å². The third-order valence-electron chi connectivity index (χ3n) is 3.72. The summed E-state index contributed by atoms with van der Waals surface area (Å²) < 4.78 is 0. The average molecular weight is 431 g/mol. The Hall–Kier alpha value is -2.53. The maximum Gasteiger partial charge on any atom is 0.321 e. The van der Waals surface area contributed by atoms with Gasteiger partial charge in [0.1, 0.15) is 6.04 Å². The van der Waals surface area contributed by atoms with Crippen molar-refractivity contribution in [2.24, 2.45) is 5.41 Å². The molecular weight excluding hydrogens is 412 g/mol. The minimum Gasteiger partial charge on any atom is -0.480 e. The van der Waals surface area contributed by atoms with Crippen LogP contribution >= 0.6 is 17.0 Å². The summed E-state index contributed by atoms with van der Waals surface area (Å²) in [5, 5.41) is 23.3. The van der Waals surface area contributed by atoms with Gasteiger partial charge in [-0.3, -0.25) is 29.8 Å². The van der Waals surface area contributed by atoms with Crippen LogP contribution in [0.2, 0.25) is 0 Å². The predicted octanol–water partition coefficient (Wildman–Crippen LogP) is 1.29. The van der Waals surface area contributed by atoms with Crippen molar-refractivity contribution in [2.45, 2.75) is 33.4 Å². The molecule has 11 heteroatoms. The van der Waals surface area contributed by atoms with Crippen LogP contribution in [0.1, 0.15) is 26.3 Å². The van der Waals surface area contributed by atoms with Crippen LogP contribution in [0.4, 0.5) is 5.69 Å². The zero-order chi connectivity index (χ0) is 18.9. The van der Waals surface area contributed by atoms with E-state index in [2.05, 4.69) is 15.3 Å². The van der Waals surface area contributed by atoms with Crippen LogP contribution in [-0.2, 0) is 11.3 Å². The Kier molecular flexibility index (Phi) is 6.44. The van der Waals surface area contributed by atoms with E-state index < -0.39 is 33.5 Å². The quantitative estimate of drug-likeness (QED) is 0.315. The van der Waals surface area contributed by atoms with Crippen LogP contribution in [0.25, 0.3) is 11.0 Å². The molecule has 0 unspecified atom stereocenters. The van der Waals surface area contributed by atoms with Gasteiger partial charge in [-0.05, 0) is 11.0 Å². The minimum atomic E-state index is -1.07. The number of H-pyrrole nitrogens is 2. The summed E-state index contributed by atoms with van der Waals surface area (Å²) in [5.41, 5.74) is -2.11. The molecule has 0 saturated heterocycles. The number of nitro benzene ring substituents is 1. The number of aliphatic carboxylic acids is 1. The zero-order valence-corrected chi connectivity index (χ0v) is 16.0. The van der Waals surface area contributed by atoms with Gasteiger partial charge in [0, 0.05) is 18.7 Å². The molecule has 0 bridgehead atoms. The lowest BCUT2D eigenvalue weighted by Crippen LogP contribution is -2.46. The number of aromatic amines is 2. The Morgan fingerprint density at radius 3 is 2.35 bits per heavy atom. The average Bonchev–Trinajstić information content (AvgIpc) is 2.46. The number of carboxylic acids is 1. The van der Waals surface area contributed by atoms with Crippen LogP contribution in [-0.4, -0.2) is 32.0 Å². The van der Waals surface area contributed by atoms with E-state index in [9.17, 15) is 29.6 Å². The first-order chi connectivity index (χ1) is 11.5. The highest BCUT2D eigenvalue weighted by atomic mass is 79.9. The molecule has 1 heterocycles. The lowest BCUT2D eigenvalue weighted by molar-refractivity contribution is -0.384. The van der Waals surface area contributed by atoms with Gasteiger partial charge in [0.2, 0.25) is 0 Å². The van der Waals surface area contributed by atoms with E-state index in [1.54, 1.807) is 20.8 Å². The van der Waals surface area contributed by atoms with E-state index in [0.717, 1.165) is 6.07 Å². The first-order valence-corrected chi connectivity index (χ1v) is 7.40. The molecule has 1 atom stereocenters. The lowest BCUT2D eigenvalue weighted by atomic mass is 9.86. The van der Waals surface area contributed by atoms with E-state index >= 15 is 0 Å². The topological polar surface area (TPSA) is 158 Å². The number of non-ortho nitro benzene ring substituents is 1. The number of nitrogens with zero attached hydrogens (tertiary/aromatic N) is 1. The monoisotopic (exact) mass is 430 g/mol. The summed E-state index contributed by atoms with van der Waals surface area (Å²) in [4.78, 5) is 49.5. The number of fused-ring (bicyclic) bond motifs is 1. The second kappa shape index (κ2) is 7.79. The SMILES string of the molecule is Br.CC(C)(C)[C@H](NCc1cc([N+](=O)[O-])cc2[nH]c(=O)c(=O)[nH]c12)C(=O)O. The molecule has 142 valence electrons. The summed E-state index contributed by atoms with van der Waals surface area (Å²) in [6.45, 7) is 5.17. The second-order valence-electron chi connectivity index (χ2n) is 6.71. The first-order valence-electron chi connectivity index (χ1n) is 7.40. The summed E-state index contributed by atoms with van der Waals surface area (Å²) in [7, 11) is 0. The van der Waals surface area contributed by atoms with E-state index in [4.69, 9.17) is 0 Å². The summed E-state index contributed by atoms with van der Waals surface area (Å²) >= 11 is 0. The first kappa shape index (κ1) is 21.5. The molecule has 0 fully saturated rings.